The van der Waals surface area contributed by atoms with E-state index in [0.29, 0.717) is 29.4 Å². The van der Waals surface area contributed by atoms with Crippen LogP contribution in [0.4, 0.5) is 11.4 Å². The summed E-state index contributed by atoms with van der Waals surface area (Å²) < 4.78 is 5.81. The summed E-state index contributed by atoms with van der Waals surface area (Å²) in [6.45, 7) is 7.52. The number of hydrazone groups is 1. The number of nitrogens with zero attached hydrogens (tertiary/aromatic N) is 3. The molecule has 1 amide bonds. The van der Waals surface area contributed by atoms with Crippen LogP contribution in [-0.4, -0.2) is 50.4 Å². The Bertz CT molecular complexity index is 834. The van der Waals surface area contributed by atoms with Gasteiger partial charge in [0.25, 0.3) is 0 Å². The first-order valence-electron chi connectivity index (χ1n) is 10.3. The monoisotopic (exact) mass is 412 g/mol. The van der Waals surface area contributed by atoms with Crippen LogP contribution in [0.5, 0.6) is 5.88 Å². The number of aromatic nitrogens is 1. The molecule has 1 aromatic heterocycles. The van der Waals surface area contributed by atoms with Gasteiger partial charge < -0.3 is 20.7 Å². The predicted molar refractivity (Wildman–Crippen MR) is 123 cm³/mol. The molecular weight excluding hydrogens is 380 g/mol. The van der Waals surface area contributed by atoms with Gasteiger partial charge in [-0.15, -0.1) is 0 Å². The Morgan fingerprint density at radius 2 is 2.00 bits per heavy atom. The molecule has 8 heteroatoms. The molecular formula is C22H32N6O2. The van der Waals surface area contributed by atoms with Crippen LogP contribution >= 0.6 is 0 Å². The number of primary amides is 1. The molecule has 0 fully saturated rings. The second-order valence-corrected chi connectivity index (χ2v) is 6.84. The second-order valence-electron chi connectivity index (χ2n) is 6.84. The number of likely N-dealkylation sites (N-methyl/N-ethyl adjacent to an activating group) is 1. The number of pyridine rings is 1. The molecule has 1 aromatic carbocycles. The molecule has 30 heavy (non-hydrogen) atoms. The van der Waals surface area contributed by atoms with Gasteiger partial charge in [-0.05, 0) is 44.2 Å². The molecule has 4 N–H and O–H groups in total. The van der Waals surface area contributed by atoms with E-state index in [-0.39, 0.29) is 0 Å². The van der Waals surface area contributed by atoms with Gasteiger partial charge in [-0.25, -0.2) is 4.98 Å². The van der Waals surface area contributed by atoms with E-state index in [0.717, 1.165) is 38.2 Å². The van der Waals surface area contributed by atoms with Gasteiger partial charge in [-0.1, -0.05) is 19.9 Å². The van der Waals surface area contributed by atoms with Gasteiger partial charge >= 0.3 is 0 Å². The molecule has 1 heterocycles. The highest BCUT2D eigenvalue weighted by Gasteiger charge is 2.09. The number of carbonyl (C=O) groups excluding carboxylic acids is 1. The van der Waals surface area contributed by atoms with Crippen molar-refractivity contribution in [3.8, 4) is 5.88 Å². The van der Waals surface area contributed by atoms with Crippen LogP contribution in [0.15, 0.2) is 41.5 Å². The molecule has 0 unspecified atom stereocenters. The number of hydrogen-bond donors (Lipinski definition) is 3. The van der Waals surface area contributed by atoms with Gasteiger partial charge in [0.1, 0.15) is 6.61 Å². The number of carbonyl (C=O) groups is 1. The molecule has 162 valence electrons. The van der Waals surface area contributed by atoms with Gasteiger partial charge in [0.05, 0.1) is 17.6 Å². The Morgan fingerprint density at radius 3 is 2.67 bits per heavy atom. The molecule has 0 aliphatic heterocycles. The topological polar surface area (TPSA) is 105 Å². The quantitative estimate of drug-likeness (QED) is 0.265. The Labute approximate surface area is 178 Å². The van der Waals surface area contributed by atoms with Gasteiger partial charge in [0.2, 0.25) is 11.8 Å². The molecule has 8 nitrogen and oxygen atoms in total. The standard InChI is InChI=1S/C22H32N6O2/c1-4-10-28(11-5-2)20-14-19(26-21(15-20)30-12-9-24-3)16-25-27-18-8-6-7-17(13-18)22(23)29/h6-8,13-16,24,27H,4-5,9-12H2,1-3H3,(H2,23,29)/b25-16+. The highest BCUT2D eigenvalue weighted by atomic mass is 16.5. The minimum absolute atomic E-state index is 0.422. The first kappa shape index (κ1) is 23.2. The van der Waals surface area contributed by atoms with Crippen molar-refractivity contribution in [3.63, 3.8) is 0 Å². The van der Waals surface area contributed by atoms with E-state index in [1.807, 2.05) is 25.2 Å². The van der Waals surface area contributed by atoms with E-state index in [1.165, 1.54) is 0 Å². The SMILES string of the molecule is CCCN(CCC)c1cc(/C=N/Nc2cccc(C(N)=O)c2)nc(OCCNC)c1. The maximum Gasteiger partial charge on any atom is 0.248 e. The number of hydrogen-bond acceptors (Lipinski definition) is 7. The zero-order valence-electron chi connectivity index (χ0n) is 18.0. The molecule has 0 radical (unpaired) electrons. The first-order chi connectivity index (χ1) is 14.6. The van der Waals surface area contributed by atoms with Crippen molar-refractivity contribution in [2.45, 2.75) is 26.7 Å². The summed E-state index contributed by atoms with van der Waals surface area (Å²) in [5, 5.41) is 7.33. The molecule has 0 aliphatic rings. The summed E-state index contributed by atoms with van der Waals surface area (Å²) in [6.07, 6.45) is 3.75. The molecule has 0 saturated carbocycles. The fraction of sp³-hybridized carbons (Fsp3) is 0.409. The third-order valence-electron chi connectivity index (χ3n) is 4.30. The summed E-state index contributed by atoms with van der Waals surface area (Å²) in [4.78, 5) is 18.2. The van der Waals surface area contributed by atoms with Crippen molar-refractivity contribution in [3.05, 3.63) is 47.7 Å². The van der Waals surface area contributed by atoms with E-state index in [9.17, 15) is 4.79 Å². The maximum atomic E-state index is 11.3. The zero-order valence-corrected chi connectivity index (χ0v) is 18.0. The van der Waals surface area contributed by atoms with Crippen LogP contribution in [0.2, 0.25) is 0 Å². The van der Waals surface area contributed by atoms with Crippen molar-refractivity contribution < 1.29 is 9.53 Å². The van der Waals surface area contributed by atoms with Crippen molar-refractivity contribution >= 4 is 23.5 Å². The van der Waals surface area contributed by atoms with Crippen molar-refractivity contribution in [1.82, 2.24) is 10.3 Å². The summed E-state index contributed by atoms with van der Waals surface area (Å²) in [6, 6.07) is 10.8. The number of rotatable bonds is 13. The number of amides is 1. The van der Waals surface area contributed by atoms with Crippen molar-refractivity contribution in [2.75, 3.05) is 43.6 Å². The van der Waals surface area contributed by atoms with Crippen LogP contribution in [-0.2, 0) is 0 Å². The minimum Gasteiger partial charge on any atom is -0.476 e. The lowest BCUT2D eigenvalue weighted by atomic mass is 10.2. The number of nitrogens with two attached hydrogens (primary N) is 1. The fourth-order valence-corrected chi connectivity index (χ4v) is 2.92. The second kappa shape index (κ2) is 12.4. The lowest BCUT2D eigenvalue weighted by Gasteiger charge is -2.24. The Balaban J connectivity index is 2.22. The highest BCUT2D eigenvalue weighted by molar-refractivity contribution is 5.93. The number of nitrogens with one attached hydrogen (secondary N) is 2. The van der Waals surface area contributed by atoms with Crippen LogP contribution in [0.25, 0.3) is 0 Å². The average Bonchev–Trinajstić information content (AvgIpc) is 2.74. The summed E-state index contributed by atoms with van der Waals surface area (Å²) >= 11 is 0. The van der Waals surface area contributed by atoms with E-state index in [2.05, 4.69) is 39.6 Å². The molecule has 0 spiro atoms. The van der Waals surface area contributed by atoms with Crippen LogP contribution in [0, 0.1) is 0 Å². The van der Waals surface area contributed by atoms with Gasteiger partial charge in [0.15, 0.2) is 0 Å². The van der Waals surface area contributed by atoms with Gasteiger partial charge in [0, 0.05) is 37.0 Å². The molecule has 2 aromatic rings. The fourth-order valence-electron chi connectivity index (χ4n) is 2.92. The molecule has 2 rings (SSSR count). The minimum atomic E-state index is -0.479. The third kappa shape index (κ3) is 7.36. The van der Waals surface area contributed by atoms with Gasteiger partial charge in [-0.3, -0.25) is 10.2 Å². The average molecular weight is 413 g/mol. The highest BCUT2D eigenvalue weighted by Crippen LogP contribution is 2.22. The Hall–Kier alpha value is -3.13. The van der Waals surface area contributed by atoms with Crippen molar-refractivity contribution in [2.24, 2.45) is 10.8 Å². The number of anilines is 2. The Kier molecular flexibility index (Phi) is 9.60. The van der Waals surface area contributed by atoms with E-state index >= 15 is 0 Å². The zero-order chi connectivity index (χ0) is 21.8. The maximum absolute atomic E-state index is 11.3. The smallest absolute Gasteiger partial charge is 0.248 e. The molecule has 0 aliphatic carbocycles. The number of ether oxygens (including phenoxy) is 1. The molecule has 0 atom stereocenters. The molecule has 0 bridgehead atoms. The summed E-state index contributed by atoms with van der Waals surface area (Å²) in [7, 11) is 1.88. The van der Waals surface area contributed by atoms with E-state index < -0.39 is 5.91 Å². The van der Waals surface area contributed by atoms with E-state index in [1.54, 1.807) is 24.4 Å². The van der Waals surface area contributed by atoms with E-state index in [4.69, 9.17) is 10.5 Å². The van der Waals surface area contributed by atoms with Crippen LogP contribution in [0.3, 0.4) is 0 Å². The van der Waals surface area contributed by atoms with Crippen LogP contribution in [0.1, 0.15) is 42.7 Å². The number of benzene rings is 1. The molecule has 0 saturated heterocycles. The Morgan fingerprint density at radius 1 is 1.23 bits per heavy atom. The van der Waals surface area contributed by atoms with Gasteiger partial charge in [-0.2, -0.15) is 5.10 Å². The largest absolute Gasteiger partial charge is 0.476 e. The summed E-state index contributed by atoms with van der Waals surface area (Å²) in [5.74, 6) is 0.0874. The van der Waals surface area contributed by atoms with Crippen LogP contribution < -0.4 is 26.1 Å². The third-order valence-corrected chi connectivity index (χ3v) is 4.30. The summed E-state index contributed by atoms with van der Waals surface area (Å²) in [5.41, 5.74) is 11.1. The lowest BCUT2D eigenvalue weighted by Crippen LogP contribution is -2.25. The first-order valence-corrected chi connectivity index (χ1v) is 10.3. The normalized spacial score (nSPS) is 10.9. The lowest BCUT2D eigenvalue weighted by molar-refractivity contribution is 0.100. The predicted octanol–water partition coefficient (Wildman–Crippen LogP) is 2.85. The van der Waals surface area contributed by atoms with Crippen molar-refractivity contribution in [1.29, 1.82) is 0 Å².